The summed E-state index contributed by atoms with van der Waals surface area (Å²) in [5.41, 5.74) is 3.90. The SMILES string of the molecule is [C-]#[N+]CC1(C(C)(C)C)CCN(Cc2ccc(-c3ccccc3)c(OC)c2)CC1. The highest BCUT2D eigenvalue weighted by atomic mass is 16.5. The van der Waals surface area contributed by atoms with Crippen LogP contribution in [0.3, 0.4) is 0 Å². The average Bonchev–Trinajstić information content (AvgIpc) is 2.69. The molecule has 2 aromatic rings. The Kier molecular flexibility index (Phi) is 6.10. The van der Waals surface area contributed by atoms with E-state index in [-0.39, 0.29) is 10.8 Å². The maximum atomic E-state index is 7.41. The summed E-state index contributed by atoms with van der Waals surface area (Å²) in [5, 5.41) is 0. The molecule has 28 heavy (non-hydrogen) atoms. The van der Waals surface area contributed by atoms with E-state index in [9.17, 15) is 0 Å². The highest BCUT2D eigenvalue weighted by Crippen LogP contribution is 2.47. The van der Waals surface area contributed by atoms with Gasteiger partial charge in [-0.15, -0.1) is 0 Å². The van der Waals surface area contributed by atoms with Gasteiger partial charge >= 0.3 is 0 Å². The number of piperidine rings is 1. The first-order valence-corrected chi connectivity index (χ1v) is 10.2. The third kappa shape index (κ3) is 4.23. The van der Waals surface area contributed by atoms with Crippen LogP contribution in [-0.2, 0) is 6.54 Å². The van der Waals surface area contributed by atoms with Crippen LogP contribution in [0.2, 0.25) is 0 Å². The lowest BCUT2D eigenvalue weighted by atomic mass is 9.61. The molecule has 0 aliphatic carbocycles. The summed E-state index contributed by atoms with van der Waals surface area (Å²) in [6, 6.07) is 16.9. The molecule has 3 heteroatoms. The van der Waals surface area contributed by atoms with E-state index in [1.54, 1.807) is 7.11 Å². The van der Waals surface area contributed by atoms with Crippen molar-refractivity contribution in [3.63, 3.8) is 0 Å². The zero-order valence-electron chi connectivity index (χ0n) is 17.7. The minimum absolute atomic E-state index is 0.139. The van der Waals surface area contributed by atoms with E-state index in [0.717, 1.165) is 43.8 Å². The Morgan fingerprint density at radius 3 is 2.32 bits per heavy atom. The molecule has 3 rings (SSSR count). The predicted molar refractivity (Wildman–Crippen MR) is 116 cm³/mol. The van der Waals surface area contributed by atoms with Crippen LogP contribution in [0.15, 0.2) is 48.5 Å². The lowest BCUT2D eigenvalue weighted by Gasteiger charge is -2.46. The van der Waals surface area contributed by atoms with E-state index < -0.39 is 0 Å². The lowest BCUT2D eigenvalue weighted by molar-refractivity contribution is 0.0173. The first kappa shape index (κ1) is 20.4. The predicted octanol–water partition coefficient (Wildman–Crippen LogP) is 5.91. The fourth-order valence-electron chi connectivity index (χ4n) is 4.38. The van der Waals surface area contributed by atoms with Gasteiger partial charge in [0.15, 0.2) is 0 Å². The number of nitrogens with zero attached hydrogens (tertiary/aromatic N) is 2. The van der Waals surface area contributed by atoms with Crippen molar-refractivity contribution in [1.29, 1.82) is 0 Å². The largest absolute Gasteiger partial charge is 0.496 e. The zero-order valence-corrected chi connectivity index (χ0v) is 17.7. The summed E-state index contributed by atoms with van der Waals surface area (Å²) in [6.45, 7) is 18.0. The fourth-order valence-corrected chi connectivity index (χ4v) is 4.38. The molecule has 1 fully saturated rings. The summed E-state index contributed by atoms with van der Waals surface area (Å²) in [4.78, 5) is 6.30. The fraction of sp³-hybridized carbons (Fsp3) is 0.480. The monoisotopic (exact) mass is 376 g/mol. The van der Waals surface area contributed by atoms with Gasteiger partial charge in [0.2, 0.25) is 6.54 Å². The molecular weight excluding hydrogens is 344 g/mol. The van der Waals surface area contributed by atoms with Gasteiger partial charge in [0.1, 0.15) is 5.75 Å². The maximum absolute atomic E-state index is 7.41. The second-order valence-corrected chi connectivity index (χ2v) is 9.02. The summed E-state index contributed by atoms with van der Waals surface area (Å²) in [6.07, 6.45) is 2.19. The van der Waals surface area contributed by atoms with Crippen molar-refractivity contribution >= 4 is 0 Å². The number of rotatable bonds is 5. The van der Waals surface area contributed by atoms with Crippen molar-refractivity contribution in [3.05, 3.63) is 65.5 Å². The number of ether oxygens (including phenoxy) is 1. The van der Waals surface area contributed by atoms with Gasteiger partial charge < -0.3 is 9.58 Å². The van der Waals surface area contributed by atoms with Gasteiger partial charge in [-0.05, 0) is 48.5 Å². The van der Waals surface area contributed by atoms with E-state index in [0.29, 0.717) is 6.54 Å². The van der Waals surface area contributed by atoms with Crippen LogP contribution in [0.4, 0.5) is 0 Å². The molecule has 1 heterocycles. The standard InChI is InChI=1S/C25H32N2O/c1-24(2,3)25(19-26-4)13-15-27(16-14-25)18-20-11-12-22(23(17-20)28-5)21-9-7-6-8-10-21/h6-12,17H,13-16,18-19H2,1-3,5H3. The molecule has 148 valence electrons. The molecule has 2 aromatic carbocycles. The number of methoxy groups -OCH3 is 1. The van der Waals surface area contributed by atoms with E-state index in [4.69, 9.17) is 11.3 Å². The quantitative estimate of drug-likeness (QED) is 0.603. The Morgan fingerprint density at radius 1 is 1.07 bits per heavy atom. The molecule has 0 atom stereocenters. The first-order valence-electron chi connectivity index (χ1n) is 10.2. The molecule has 0 saturated carbocycles. The molecule has 0 spiro atoms. The summed E-state index contributed by atoms with van der Waals surface area (Å²) in [7, 11) is 1.74. The third-order valence-corrected chi connectivity index (χ3v) is 6.54. The van der Waals surface area contributed by atoms with Crippen molar-refractivity contribution in [2.45, 2.75) is 40.2 Å². The van der Waals surface area contributed by atoms with Gasteiger partial charge in [0.25, 0.3) is 0 Å². The second kappa shape index (κ2) is 8.37. The summed E-state index contributed by atoms with van der Waals surface area (Å²) >= 11 is 0. The Balaban J connectivity index is 1.71. The van der Waals surface area contributed by atoms with Crippen LogP contribution in [0, 0.1) is 17.4 Å². The van der Waals surface area contributed by atoms with Crippen molar-refractivity contribution in [3.8, 4) is 16.9 Å². The Labute approximate surface area is 170 Å². The van der Waals surface area contributed by atoms with Crippen molar-refractivity contribution in [2.75, 3.05) is 26.7 Å². The van der Waals surface area contributed by atoms with Gasteiger partial charge in [-0.25, -0.2) is 6.57 Å². The van der Waals surface area contributed by atoms with Crippen LogP contribution in [0.5, 0.6) is 5.75 Å². The molecule has 0 unspecified atom stereocenters. The van der Waals surface area contributed by atoms with Crippen molar-refractivity contribution in [1.82, 2.24) is 4.90 Å². The number of benzene rings is 2. The molecule has 0 bridgehead atoms. The van der Waals surface area contributed by atoms with Crippen molar-refractivity contribution < 1.29 is 4.74 Å². The minimum atomic E-state index is 0.139. The van der Waals surface area contributed by atoms with Gasteiger partial charge in [0.05, 0.1) is 7.11 Å². The van der Waals surface area contributed by atoms with Crippen LogP contribution in [-0.4, -0.2) is 31.6 Å². The minimum Gasteiger partial charge on any atom is -0.496 e. The Hall–Kier alpha value is -2.31. The molecule has 0 amide bonds. The zero-order chi connectivity index (χ0) is 20.2. The van der Waals surface area contributed by atoms with Crippen LogP contribution in [0.25, 0.3) is 16.0 Å². The second-order valence-electron chi connectivity index (χ2n) is 9.02. The highest BCUT2D eigenvalue weighted by Gasteiger charge is 2.46. The molecule has 0 aromatic heterocycles. The maximum Gasteiger partial charge on any atom is 0.220 e. The summed E-state index contributed by atoms with van der Waals surface area (Å²) in [5.74, 6) is 0.928. The Morgan fingerprint density at radius 2 is 1.75 bits per heavy atom. The molecule has 1 saturated heterocycles. The smallest absolute Gasteiger partial charge is 0.220 e. The first-order chi connectivity index (χ1) is 13.4. The van der Waals surface area contributed by atoms with Crippen LogP contribution < -0.4 is 4.74 Å². The molecule has 0 N–H and O–H groups in total. The van der Waals surface area contributed by atoms with E-state index in [2.05, 4.69) is 73.0 Å². The van der Waals surface area contributed by atoms with Crippen LogP contribution in [0.1, 0.15) is 39.2 Å². The molecular formula is C25H32N2O. The number of likely N-dealkylation sites (tertiary alicyclic amines) is 1. The lowest BCUT2D eigenvalue weighted by Crippen LogP contribution is -2.47. The third-order valence-electron chi connectivity index (χ3n) is 6.54. The Bertz CT molecular complexity index is 822. The molecule has 1 aliphatic rings. The molecule has 3 nitrogen and oxygen atoms in total. The highest BCUT2D eigenvalue weighted by molar-refractivity contribution is 5.70. The topological polar surface area (TPSA) is 16.8 Å². The number of hydrogen-bond acceptors (Lipinski definition) is 2. The molecule has 1 aliphatic heterocycles. The normalized spacial score (nSPS) is 17.1. The van der Waals surface area contributed by atoms with Crippen molar-refractivity contribution in [2.24, 2.45) is 10.8 Å². The summed E-state index contributed by atoms with van der Waals surface area (Å²) < 4.78 is 5.69. The van der Waals surface area contributed by atoms with E-state index in [1.165, 1.54) is 11.1 Å². The van der Waals surface area contributed by atoms with E-state index >= 15 is 0 Å². The average molecular weight is 377 g/mol. The number of hydrogen-bond donors (Lipinski definition) is 0. The van der Waals surface area contributed by atoms with Gasteiger partial charge in [-0.1, -0.05) is 63.2 Å². The molecule has 0 radical (unpaired) electrons. The van der Waals surface area contributed by atoms with Gasteiger partial charge in [0, 0.05) is 17.5 Å². The van der Waals surface area contributed by atoms with E-state index in [1.807, 2.05) is 6.07 Å². The van der Waals surface area contributed by atoms with Crippen LogP contribution >= 0.6 is 0 Å². The van der Waals surface area contributed by atoms with Gasteiger partial charge in [-0.3, -0.25) is 4.90 Å². The van der Waals surface area contributed by atoms with Gasteiger partial charge in [-0.2, -0.15) is 0 Å².